The number of thiol groups is 1. The number of halogens is 1. The van der Waals surface area contributed by atoms with E-state index in [1.807, 2.05) is 0 Å². The van der Waals surface area contributed by atoms with Crippen LogP contribution < -0.4 is 0 Å². The lowest BCUT2D eigenvalue weighted by Gasteiger charge is -1.94. The van der Waals surface area contributed by atoms with E-state index in [-0.39, 0.29) is 5.82 Å². The van der Waals surface area contributed by atoms with Crippen molar-refractivity contribution in [3.8, 4) is 0 Å². The molecule has 0 fully saturated rings. The lowest BCUT2D eigenvalue weighted by Crippen LogP contribution is -1.90. The lowest BCUT2D eigenvalue weighted by molar-refractivity contribution is 0.609. The van der Waals surface area contributed by atoms with Gasteiger partial charge in [0.25, 0.3) is 0 Å². The molecule has 1 heterocycles. The molecule has 4 heteroatoms. The van der Waals surface area contributed by atoms with Crippen LogP contribution >= 0.6 is 12.8 Å². The Morgan fingerprint density at radius 3 is 3.00 bits per heavy atom. The Hall–Kier alpha value is -0.900. The molecular weight excluding hydrogens is 163 g/mol. The predicted molar refractivity (Wildman–Crippen MR) is 45.5 cm³/mol. The highest BCUT2D eigenvalue weighted by molar-refractivity contribution is 7.78. The van der Waals surface area contributed by atoms with Crippen LogP contribution in [-0.4, -0.2) is 11.2 Å². The summed E-state index contributed by atoms with van der Waals surface area (Å²) in [6.45, 7) is 1.61. The van der Waals surface area contributed by atoms with Gasteiger partial charge in [-0.05, 0) is 25.8 Å². The van der Waals surface area contributed by atoms with Crippen LogP contribution in [0.15, 0.2) is 16.7 Å². The van der Waals surface area contributed by atoms with Crippen molar-refractivity contribution in [1.29, 1.82) is 0 Å². The molecule has 0 aromatic carbocycles. The van der Waals surface area contributed by atoms with Gasteiger partial charge >= 0.3 is 0 Å². The first-order valence-electron chi connectivity index (χ1n) is 3.03. The van der Waals surface area contributed by atoms with Gasteiger partial charge in [-0.3, -0.25) is 4.98 Å². The summed E-state index contributed by atoms with van der Waals surface area (Å²) in [6.07, 6.45) is 2.97. The van der Waals surface area contributed by atoms with E-state index < -0.39 is 0 Å². The van der Waals surface area contributed by atoms with Crippen molar-refractivity contribution in [1.82, 2.24) is 4.98 Å². The van der Waals surface area contributed by atoms with E-state index in [1.165, 1.54) is 18.5 Å². The summed E-state index contributed by atoms with van der Waals surface area (Å²) in [7, 11) is 0. The van der Waals surface area contributed by atoms with Crippen molar-refractivity contribution >= 4 is 19.0 Å². The second-order valence-electron chi connectivity index (χ2n) is 2.08. The van der Waals surface area contributed by atoms with E-state index in [9.17, 15) is 4.39 Å². The Bertz CT molecular complexity index is 286. The summed E-state index contributed by atoms with van der Waals surface area (Å²) < 4.78 is 16.2. The zero-order valence-corrected chi connectivity index (χ0v) is 6.85. The van der Waals surface area contributed by atoms with Crippen LogP contribution in [0.4, 0.5) is 4.39 Å². The minimum atomic E-state index is -0.323. The molecule has 0 spiro atoms. The minimum absolute atomic E-state index is 0.323. The van der Waals surface area contributed by atoms with Gasteiger partial charge in [0.05, 0.1) is 5.69 Å². The fourth-order valence-electron chi connectivity index (χ4n) is 0.658. The summed E-state index contributed by atoms with van der Waals surface area (Å²) in [5.74, 6) is -0.323. The molecule has 0 aliphatic heterocycles. The van der Waals surface area contributed by atoms with E-state index in [0.29, 0.717) is 11.3 Å². The Morgan fingerprint density at radius 1 is 1.73 bits per heavy atom. The van der Waals surface area contributed by atoms with Crippen LogP contribution in [0.5, 0.6) is 0 Å². The molecule has 0 radical (unpaired) electrons. The van der Waals surface area contributed by atoms with E-state index in [0.717, 1.165) is 0 Å². The quantitative estimate of drug-likeness (QED) is 0.504. The molecular formula is C7H7FN2S. The normalized spacial score (nSPS) is 10.8. The average Bonchev–Trinajstić information content (AvgIpc) is 1.98. The Morgan fingerprint density at radius 2 is 2.45 bits per heavy atom. The van der Waals surface area contributed by atoms with Crippen molar-refractivity contribution in [2.75, 3.05) is 0 Å². The number of pyridine rings is 1. The third-order valence-electron chi connectivity index (χ3n) is 1.25. The largest absolute Gasteiger partial charge is 0.258 e. The molecule has 1 aromatic heterocycles. The van der Waals surface area contributed by atoms with Crippen molar-refractivity contribution in [3.05, 3.63) is 29.3 Å². The molecule has 1 aromatic rings. The number of hydrogen-bond acceptors (Lipinski definition) is 3. The van der Waals surface area contributed by atoms with E-state index in [4.69, 9.17) is 0 Å². The highest BCUT2D eigenvalue weighted by atomic mass is 32.1. The molecule has 1 rings (SSSR count). The summed E-state index contributed by atoms with van der Waals surface area (Å²) in [5.41, 5.74) is 1.00. The summed E-state index contributed by atoms with van der Waals surface area (Å²) >= 11 is 3.61. The van der Waals surface area contributed by atoms with Crippen LogP contribution in [0.2, 0.25) is 0 Å². The van der Waals surface area contributed by atoms with Crippen molar-refractivity contribution in [2.24, 2.45) is 4.40 Å². The highest BCUT2D eigenvalue weighted by Gasteiger charge is 1.97. The molecule has 58 valence electrons. The van der Waals surface area contributed by atoms with Crippen LogP contribution in [0.1, 0.15) is 11.3 Å². The van der Waals surface area contributed by atoms with Crippen LogP contribution in [0.3, 0.4) is 0 Å². The monoisotopic (exact) mass is 170 g/mol. The Kier molecular flexibility index (Phi) is 2.59. The van der Waals surface area contributed by atoms with E-state index >= 15 is 0 Å². The van der Waals surface area contributed by atoms with Gasteiger partial charge in [-0.1, -0.05) is 0 Å². The van der Waals surface area contributed by atoms with E-state index in [1.54, 1.807) is 6.92 Å². The van der Waals surface area contributed by atoms with Gasteiger partial charge in [0.15, 0.2) is 0 Å². The van der Waals surface area contributed by atoms with Crippen LogP contribution in [0.25, 0.3) is 0 Å². The molecule has 0 saturated carbocycles. The Balaban J connectivity index is 3.05. The van der Waals surface area contributed by atoms with Gasteiger partial charge in [0.1, 0.15) is 5.82 Å². The van der Waals surface area contributed by atoms with Gasteiger partial charge in [-0.25, -0.2) is 8.79 Å². The molecule has 0 atom stereocenters. The topological polar surface area (TPSA) is 25.2 Å². The zero-order chi connectivity index (χ0) is 8.27. The van der Waals surface area contributed by atoms with Gasteiger partial charge in [0, 0.05) is 18.0 Å². The molecule has 11 heavy (non-hydrogen) atoms. The molecule has 0 amide bonds. The summed E-state index contributed by atoms with van der Waals surface area (Å²) in [5, 5.41) is 0. The summed E-state index contributed by atoms with van der Waals surface area (Å²) in [4.78, 5) is 3.80. The van der Waals surface area contributed by atoms with Gasteiger partial charge < -0.3 is 0 Å². The van der Waals surface area contributed by atoms with Crippen molar-refractivity contribution in [3.63, 3.8) is 0 Å². The standard InChI is InChI=1S/C7H7FN2S/c1-5-7(8)2-6(3-9-5)4-10-11/h2-4,11H,1H3. The second kappa shape index (κ2) is 3.48. The van der Waals surface area contributed by atoms with Crippen molar-refractivity contribution in [2.45, 2.75) is 6.92 Å². The molecule has 0 aliphatic rings. The maximum atomic E-state index is 12.8. The van der Waals surface area contributed by atoms with Gasteiger partial charge in [-0.15, -0.1) is 0 Å². The number of nitrogens with zero attached hydrogens (tertiary/aromatic N) is 2. The van der Waals surface area contributed by atoms with E-state index in [2.05, 4.69) is 22.2 Å². The first-order chi connectivity index (χ1) is 5.24. The first kappa shape index (κ1) is 8.20. The third-order valence-corrected chi connectivity index (χ3v) is 1.37. The third kappa shape index (κ3) is 2.01. The smallest absolute Gasteiger partial charge is 0.145 e. The number of hydrogen-bond donors (Lipinski definition) is 1. The summed E-state index contributed by atoms with van der Waals surface area (Å²) in [6, 6.07) is 1.36. The number of rotatable bonds is 1. The second-order valence-corrected chi connectivity index (χ2v) is 2.31. The number of aryl methyl sites for hydroxylation is 1. The van der Waals surface area contributed by atoms with Gasteiger partial charge in [0.2, 0.25) is 0 Å². The fourth-order valence-corrected chi connectivity index (χ4v) is 0.792. The molecule has 0 bridgehead atoms. The predicted octanol–water partition coefficient (Wildman–Crippen LogP) is 1.79. The number of aromatic nitrogens is 1. The molecule has 0 unspecified atom stereocenters. The molecule has 0 N–H and O–H groups in total. The lowest BCUT2D eigenvalue weighted by atomic mass is 10.2. The maximum absolute atomic E-state index is 12.8. The average molecular weight is 170 g/mol. The Labute approximate surface area is 69.7 Å². The first-order valence-corrected chi connectivity index (χ1v) is 3.43. The molecule has 0 aliphatic carbocycles. The highest BCUT2D eigenvalue weighted by Crippen LogP contribution is 2.03. The van der Waals surface area contributed by atoms with Crippen molar-refractivity contribution < 1.29 is 4.39 Å². The minimum Gasteiger partial charge on any atom is -0.258 e. The maximum Gasteiger partial charge on any atom is 0.145 e. The van der Waals surface area contributed by atoms with Crippen LogP contribution in [-0.2, 0) is 0 Å². The zero-order valence-electron chi connectivity index (χ0n) is 5.95. The molecule has 2 nitrogen and oxygen atoms in total. The molecule has 0 saturated heterocycles. The SMILES string of the molecule is Cc1ncc(C=NS)cc1F. The van der Waals surface area contributed by atoms with Crippen LogP contribution in [0, 0.1) is 12.7 Å². The van der Waals surface area contributed by atoms with Gasteiger partial charge in [-0.2, -0.15) is 0 Å². The fraction of sp³-hybridized carbons (Fsp3) is 0.143.